The highest BCUT2D eigenvalue weighted by Crippen LogP contribution is 2.02. The first-order valence-corrected chi connectivity index (χ1v) is 4.66. The van der Waals surface area contributed by atoms with Crippen molar-refractivity contribution in [1.29, 1.82) is 0 Å². The lowest BCUT2D eigenvalue weighted by Crippen LogP contribution is -2.45. The van der Waals surface area contributed by atoms with Crippen LogP contribution in [0.5, 0.6) is 0 Å². The zero-order valence-corrected chi connectivity index (χ0v) is 8.83. The molecule has 0 fully saturated rings. The molecule has 2 heteroatoms. The Bertz CT molecular complexity index is 133. The van der Waals surface area contributed by atoms with E-state index < -0.39 is 0 Å². The van der Waals surface area contributed by atoms with Gasteiger partial charge in [0.25, 0.3) is 0 Å². The maximum Gasteiger partial charge on any atom is 0.0286 e. The van der Waals surface area contributed by atoms with Crippen molar-refractivity contribution in [3.8, 4) is 0 Å². The summed E-state index contributed by atoms with van der Waals surface area (Å²) in [7, 11) is 0. The van der Waals surface area contributed by atoms with Gasteiger partial charge in [0.15, 0.2) is 0 Å². The van der Waals surface area contributed by atoms with Gasteiger partial charge in [0.1, 0.15) is 0 Å². The van der Waals surface area contributed by atoms with Gasteiger partial charge < -0.3 is 5.43 Å². The van der Waals surface area contributed by atoms with Crippen molar-refractivity contribution < 1.29 is 0 Å². The van der Waals surface area contributed by atoms with Crippen LogP contribution in [0.3, 0.4) is 0 Å². The smallest absolute Gasteiger partial charge is 0.0286 e. The van der Waals surface area contributed by atoms with Crippen LogP contribution in [0.1, 0.15) is 47.0 Å². The van der Waals surface area contributed by atoms with E-state index >= 15 is 0 Å². The minimum absolute atomic E-state index is 0.106. The molecule has 0 saturated heterocycles. The predicted molar refractivity (Wildman–Crippen MR) is 54.7 cm³/mol. The third-order valence-corrected chi connectivity index (χ3v) is 1.45. The van der Waals surface area contributed by atoms with Gasteiger partial charge in [-0.05, 0) is 33.6 Å². The van der Waals surface area contributed by atoms with Crippen LogP contribution in [0, 0.1) is 0 Å². The summed E-state index contributed by atoms with van der Waals surface area (Å²) < 4.78 is 0. The maximum atomic E-state index is 3.92. The van der Waals surface area contributed by atoms with Crippen molar-refractivity contribution in [3.05, 3.63) is 12.3 Å². The zero-order chi connectivity index (χ0) is 9.61. The molecule has 2 nitrogen and oxygen atoms in total. The summed E-state index contributed by atoms with van der Waals surface area (Å²) in [4.78, 5) is 0. The van der Waals surface area contributed by atoms with Crippen LogP contribution < -0.4 is 10.9 Å². The van der Waals surface area contributed by atoms with E-state index in [1.165, 1.54) is 12.8 Å². The molecule has 0 aromatic carbocycles. The fraction of sp³-hybridized carbons (Fsp3) is 0.800. The summed E-state index contributed by atoms with van der Waals surface area (Å²) in [6.07, 6.45) is 3.48. The molecule has 2 N–H and O–H groups in total. The average molecular weight is 170 g/mol. The molecule has 0 amide bonds. The molecule has 72 valence electrons. The number of hydrogen-bond donors (Lipinski definition) is 2. The minimum Gasteiger partial charge on any atom is -0.326 e. The first kappa shape index (κ1) is 11.5. The molecule has 0 atom stereocenters. The molecule has 0 aliphatic heterocycles. The molecule has 12 heavy (non-hydrogen) atoms. The molecule has 0 rings (SSSR count). The second-order valence-electron chi connectivity index (χ2n) is 4.21. The van der Waals surface area contributed by atoms with E-state index in [-0.39, 0.29) is 5.54 Å². The topological polar surface area (TPSA) is 24.1 Å². The summed E-state index contributed by atoms with van der Waals surface area (Å²) >= 11 is 0. The predicted octanol–water partition coefficient (Wildman–Crippen LogP) is 2.58. The summed E-state index contributed by atoms with van der Waals surface area (Å²) in [5.74, 6) is 0. The van der Waals surface area contributed by atoms with Crippen LogP contribution in [0.15, 0.2) is 12.3 Å². The van der Waals surface area contributed by atoms with Crippen molar-refractivity contribution in [3.63, 3.8) is 0 Å². The largest absolute Gasteiger partial charge is 0.326 e. The van der Waals surface area contributed by atoms with Gasteiger partial charge in [0.2, 0.25) is 0 Å². The lowest BCUT2D eigenvalue weighted by molar-refractivity contribution is 0.378. The normalized spacial score (nSPS) is 11.3. The van der Waals surface area contributed by atoms with Crippen LogP contribution in [0.2, 0.25) is 0 Å². The van der Waals surface area contributed by atoms with Crippen molar-refractivity contribution in [2.24, 2.45) is 0 Å². The molecule has 0 aliphatic carbocycles. The van der Waals surface area contributed by atoms with Gasteiger partial charge in [0.05, 0.1) is 0 Å². The van der Waals surface area contributed by atoms with Crippen LogP contribution >= 0.6 is 0 Å². The van der Waals surface area contributed by atoms with Crippen LogP contribution in [0.25, 0.3) is 0 Å². The van der Waals surface area contributed by atoms with E-state index in [2.05, 4.69) is 45.1 Å². The second-order valence-corrected chi connectivity index (χ2v) is 4.21. The molecule has 0 spiro atoms. The molecule has 0 saturated carbocycles. The maximum absolute atomic E-state index is 3.92. The molecule has 0 heterocycles. The third kappa shape index (κ3) is 7.61. The summed E-state index contributed by atoms with van der Waals surface area (Å²) in [6, 6.07) is 0. The van der Waals surface area contributed by atoms with Gasteiger partial charge >= 0.3 is 0 Å². The first-order valence-electron chi connectivity index (χ1n) is 4.66. The lowest BCUT2D eigenvalue weighted by Gasteiger charge is -2.22. The quantitative estimate of drug-likeness (QED) is 0.620. The van der Waals surface area contributed by atoms with E-state index in [9.17, 15) is 0 Å². The molecule has 0 bridgehead atoms. The van der Waals surface area contributed by atoms with Gasteiger partial charge in [-0.3, -0.25) is 0 Å². The molecule has 0 aliphatic rings. The van der Waals surface area contributed by atoms with Crippen molar-refractivity contribution in [2.45, 2.75) is 52.5 Å². The van der Waals surface area contributed by atoms with Crippen molar-refractivity contribution >= 4 is 0 Å². The van der Waals surface area contributed by atoms with Gasteiger partial charge in [-0.2, -0.15) is 0 Å². The molecular weight excluding hydrogens is 148 g/mol. The Kier molecular flexibility index (Phi) is 4.98. The number of hydrogen-bond acceptors (Lipinski definition) is 2. The first-order chi connectivity index (χ1) is 5.45. The Labute approximate surface area is 76.4 Å². The van der Waals surface area contributed by atoms with E-state index in [1.807, 2.05) is 0 Å². The second kappa shape index (κ2) is 5.20. The molecule has 0 aromatic heterocycles. The number of allylic oxidation sites excluding steroid dienone is 1. The number of unbranched alkanes of at least 4 members (excludes halogenated alkanes) is 1. The number of rotatable bonds is 5. The summed E-state index contributed by atoms with van der Waals surface area (Å²) in [5.41, 5.74) is 7.48. The number of nitrogens with one attached hydrogen (secondary N) is 2. The summed E-state index contributed by atoms with van der Waals surface area (Å²) in [5, 5.41) is 0. The third-order valence-electron chi connectivity index (χ3n) is 1.45. The van der Waals surface area contributed by atoms with Crippen LogP contribution in [-0.4, -0.2) is 5.54 Å². The van der Waals surface area contributed by atoms with Gasteiger partial charge in [-0.15, -0.1) is 0 Å². The molecule has 0 unspecified atom stereocenters. The van der Waals surface area contributed by atoms with Crippen LogP contribution in [0.4, 0.5) is 0 Å². The molecule has 0 radical (unpaired) electrons. The van der Waals surface area contributed by atoms with Gasteiger partial charge in [0, 0.05) is 11.2 Å². The van der Waals surface area contributed by atoms with Crippen molar-refractivity contribution in [1.82, 2.24) is 10.9 Å². The van der Waals surface area contributed by atoms with E-state index in [0.29, 0.717) is 0 Å². The fourth-order valence-corrected chi connectivity index (χ4v) is 0.729. The van der Waals surface area contributed by atoms with Crippen LogP contribution in [-0.2, 0) is 0 Å². The lowest BCUT2D eigenvalue weighted by atomic mass is 10.1. The Hall–Kier alpha value is -0.500. The number of hydrazine groups is 1. The van der Waals surface area contributed by atoms with Gasteiger partial charge in [-0.25, -0.2) is 5.43 Å². The van der Waals surface area contributed by atoms with Crippen molar-refractivity contribution in [2.75, 3.05) is 0 Å². The zero-order valence-electron chi connectivity index (χ0n) is 8.83. The Morgan fingerprint density at radius 1 is 1.33 bits per heavy atom. The fourth-order valence-electron chi connectivity index (χ4n) is 0.729. The Morgan fingerprint density at radius 2 is 1.92 bits per heavy atom. The van der Waals surface area contributed by atoms with E-state index in [0.717, 1.165) is 12.1 Å². The highest BCUT2D eigenvalue weighted by molar-refractivity contribution is 4.90. The minimum atomic E-state index is 0.106. The SMILES string of the molecule is C=C(CCCC)NNC(C)(C)C. The van der Waals surface area contributed by atoms with Gasteiger partial charge in [-0.1, -0.05) is 19.9 Å². The molecule has 0 aromatic rings. The summed E-state index contributed by atoms with van der Waals surface area (Å²) in [6.45, 7) is 12.5. The Morgan fingerprint density at radius 3 is 2.33 bits per heavy atom. The van der Waals surface area contributed by atoms with E-state index in [1.54, 1.807) is 0 Å². The molecular formula is C10H22N2. The average Bonchev–Trinajstić information content (AvgIpc) is 1.95. The Balaban J connectivity index is 3.44. The monoisotopic (exact) mass is 170 g/mol. The highest BCUT2D eigenvalue weighted by atomic mass is 15.4. The highest BCUT2D eigenvalue weighted by Gasteiger charge is 2.07. The standard InChI is InChI=1S/C10H22N2/c1-6-7-8-9(2)11-12-10(3,4)5/h11-12H,2,6-8H2,1,3-5H3. The van der Waals surface area contributed by atoms with E-state index in [4.69, 9.17) is 0 Å².